The largest absolute Gasteiger partial charge is 0.472 e. The van der Waals surface area contributed by atoms with Gasteiger partial charge in [-0.2, -0.15) is 0 Å². The van der Waals surface area contributed by atoms with Crippen molar-refractivity contribution in [2.75, 3.05) is 39.6 Å². The van der Waals surface area contributed by atoms with Crippen LogP contribution in [-0.4, -0.2) is 96.7 Å². The standard InChI is InChI=1S/C93H150O17P2/c1-5-9-13-17-21-25-29-33-37-41-43-47-50-54-58-62-66-70-74-78-91(96)104-84-89(110-93(98)80-76-72-68-64-60-56-52-48-44-42-38-34-30-26-22-18-14-10-6-2)86-108-112(101,102)106-82-87(94)81-105-111(99,100)107-85-88(109-92(97)79-75-71-67-63-59-55-51-46-40-36-32-28-24-20-16-12-8-4)83-103-90(95)77-73-69-65-61-57-53-49-45-39-35-31-27-23-19-15-11-7-3/h9-16,21-28,33-40,43-44,47-48,54,58,66,70,87-89,94H,5-8,17-20,29-32,41-42,45-46,49-53,55-57,59-65,67-69,71-86H2,1-4H3,(H,99,100)(H,101,102)/b13-9-,14-10-,15-11-,16-12-,25-21-,26-22-,27-23-,28-24-,37-33-,38-34-,39-35-,40-36-,47-43-,48-44-,58-54-,70-66-. The fraction of sp³-hybridized carbons (Fsp3) is 0.613. The van der Waals surface area contributed by atoms with Gasteiger partial charge in [-0.25, -0.2) is 9.13 Å². The van der Waals surface area contributed by atoms with Gasteiger partial charge in [0.05, 0.1) is 26.4 Å². The van der Waals surface area contributed by atoms with Gasteiger partial charge in [0.1, 0.15) is 19.3 Å². The van der Waals surface area contributed by atoms with E-state index >= 15 is 0 Å². The lowest BCUT2D eigenvalue weighted by molar-refractivity contribution is -0.161. The van der Waals surface area contributed by atoms with Crippen molar-refractivity contribution in [3.63, 3.8) is 0 Å². The van der Waals surface area contributed by atoms with Crippen molar-refractivity contribution in [2.24, 2.45) is 0 Å². The molecule has 5 unspecified atom stereocenters. The molecule has 0 amide bonds. The predicted molar refractivity (Wildman–Crippen MR) is 463 cm³/mol. The Labute approximate surface area is 678 Å². The third kappa shape index (κ3) is 81.9. The second-order valence-electron chi connectivity index (χ2n) is 27.6. The first kappa shape index (κ1) is 106. The molecule has 0 aromatic rings. The SMILES string of the molecule is CC/C=C\C/C=C\C/C=C\C/C=C\C/C=C\C/C=C\CCC(=O)OCC(COP(=O)(O)OCC(O)COP(=O)(O)OCC(COC(=O)CCCCCCCCC/C=C\C/C=C\C/C=C\CC)OC(=O)CCCCCCCCC/C=C\C/C=C\C/C=C\CC)OC(=O)CCCCCCCC/C=C\C/C=C\C/C=C\C/C=C\CC. The number of aliphatic hydroxyl groups is 1. The maximum atomic E-state index is 13.2. The Hall–Kier alpha value is -6.10. The number of phosphoric acid groups is 2. The number of hydrogen-bond acceptors (Lipinski definition) is 15. The first-order valence-corrected chi connectivity index (χ1v) is 45.7. The summed E-state index contributed by atoms with van der Waals surface area (Å²) in [6.07, 6.45) is 103. The van der Waals surface area contributed by atoms with Crippen LogP contribution in [0.3, 0.4) is 0 Å². The molecule has 0 aliphatic rings. The summed E-state index contributed by atoms with van der Waals surface area (Å²) in [7, 11) is -10.0. The van der Waals surface area contributed by atoms with Crippen LogP contribution in [0.5, 0.6) is 0 Å². The van der Waals surface area contributed by atoms with Gasteiger partial charge in [0, 0.05) is 25.7 Å². The second kappa shape index (κ2) is 82.9. The van der Waals surface area contributed by atoms with Crippen LogP contribution in [0.15, 0.2) is 194 Å². The lowest BCUT2D eigenvalue weighted by Gasteiger charge is -2.21. The van der Waals surface area contributed by atoms with Crippen LogP contribution in [0.4, 0.5) is 0 Å². The Morgan fingerprint density at radius 2 is 0.455 bits per heavy atom. The van der Waals surface area contributed by atoms with Crippen LogP contribution in [0, 0.1) is 0 Å². The summed E-state index contributed by atoms with van der Waals surface area (Å²) in [5.74, 6) is -2.32. The predicted octanol–water partition coefficient (Wildman–Crippen LogP) is 25.7. The van der Waals surface area contributed by atoms with Crippen molar-refractivity contribution in [3.05, 3.63) is 194 Å². The van der Waals surface area contributed by atoms with Crippen LogP contribution in [-0.2, 0) is 65.4 Å². The molecule has 0 saturated carbocycles. The van der Waals surface area contributed by atoms with E-state index in [1.807, 2.05) is 18.2 Å². The van der Waals surface area contributed by atoms with Crippen molar-refractivity contribution in [3.8, 4) is 0 Å². The van der Waals surface area contributed by atoms with Gasteiger partial charge in [-0.3, -0.25) is 37.3 Å². The van der Waals surface area contributed by atoms with E-state index in [0.717, 1.165) is 225 Å². The maximum Gasteiger partial charge on any atom is 0.472 e. The van der Waals surface area contributed by atoms with E-state index in [4.69, 9.17) is 37.0 Å². The molecule has 0 aromatic heterocycles. The first-order chi connectivity index (χ1) is 54.7. The highest BCUT2D eigenvalue weighted by Gasteiger charge is 2.30. The lowest BCUT2D eigenvalue weighted by Crippen LogP contribution is -2.30. The van der Waals surface area contributed by atoms with E-state index in [0.29, 0.717) is 32.1 Å². The summed E-state index contributed by atoms with van der Waals surface area (Å²) < 4.78 is 68.8. The van der Waals surface area contributed by atoms with Gasteiger partial charge in [0.15, 0.2) is 12.2 Å². The van der Waals surface area contributed by atoms with E-state index in [-0.39, 0.29) is 25.7 Å². The Kier molecular flexibility index (Phi) is 78.4. The Morgan fingerprint density at radius 3 is 0.723 bits per heavy atom. The molecule has 0 rings (SSSR count). The number of carbonyl (C=O) groups excluding carboxylic acids is 4. The van der Waals surface area contributed by atoms with E-state index < -0.39 is 97.5 Å². The fourth-order valence-corrected chi connectivity index (χ4v) is 12.3. The average molecular weight is 1600 g/mol. The fourth-order valence-electron chi connectivity index (χ4n) is 10.7. The highest BCUT2D eigenvalue weighted by Crippen LogP contribution is 2.45. The van der Waals surface area contributed by atoms with Crippen molar-refractivity contribution in [2.45, 2.75) is 329 Å². The molecule has 0 bridgehead atoms. The highest BCUT2D eigenvalue weighted by atomic mass is 31.2. The Bertz CT molecular complexity index is 2890. The van der Waals surface area contributed by atoms with Gasteiger partial charge < -0.3 is 33.8 Å². The molecule has 112 heavy (non-hydrogen) atoms. The summed E-state index contributed by atoms with van der Waals surface area (Å²) >= 11 is 0. The number of phosphoric ester groups is 2. The minimum atomic E-state index is -5.01. The van der Waals surface area contributed by atoms with Crippen LogP contribution in [0.1, 0.15) is 310 Å². The molecule has 0 aliphatic heterocycles. The molecule has 0 saturated heterocycles. The van der Waals surface area contributed by atoms with Gasteiger partial charge in [-0.15, -0.1) is 0 Å². The zero-order chi connectivity index (χ0) is 81.7. The van der Waals surface area contributed by atoms with E-state index in [1.54, 1.807) is 0 Å². The van der Waals surface area contributed by atoms with Crippen molar-refractivity contribution in [1.29, 1.82) is 0 Å². The normalized spacial score (nSPS) is 14.7. The zero-order valence-corrected chi connectivity index (χ0v) is 71.3. The summed E-state index contributed by atoms with van der Waals surface area (Å²) in [5.41, 5.74) is 0. The number of carbonyl (C=O) groups is 4. The van der Waals surface area contributed by atoms with Crippen LogP contribution in [0.2, 0.25) is 0 Å². The number of allylic oxidation sites excluding steroid dienone is 32. The van der Waals surface area contributed by atoms with Crippen molar-refractivity contribution >= 4 is 39.5 Å². The first-order valence-electron chi connectivity index (χ1n) is 42.7. The van der Waals surface area contributed by atoms with Gasteiger partial charge in [-0.05, 0) is 167 Å². The number of aliphatic hydroxyl groups excluding tert-OH is 1. The molecule has 17 nitrogen and oxygen atoms in total. The van der Waals surface area contributed by atoms with Crippen molar-refractivity contribution < 1.29 is 80.2 Å². The number of ether oxygens (including phenoxy) is 4. The van der Waals surface area contributed by atoms with Crippen molar-refractivity contribution in [1.82, 2.24) is 0 Å². The average Bonchev–Trinajstić information content (AvgIpc) is 0.898. The summed E-state index contributed by atoms with van der Waals surface area (Å²) in [6, 6.07) is 0. The maximum absolute atomic E-state index is 13.2. The molecule has 19 heteroatoms. The third-order valence-electron chi connectivity index (χ3n) is 17.1. The number of esters is 4. The topological polar surface area (TPSA) is 237 Å². The van der Waals surface area contributed by atoms with Gasteiger partial charge in [0.2, 0.25) is 0 Å². The molecule has 0 aliphatic carbocycles. The van der Waals surface area contributed by atoms with Gasteiger partial charge >= 0.3 is 39.5 Å². The molecule has 0 radical (unpaired) electrons. The molecule has 3 N–H and O–H groups in total. The summed E-state index contributed by atoms with van der Waals surface area (Å²) in [4.78, 5) is 73.3. The molecule has 0 spiro atoms. The van der Waals surface area contributed by atoms with E-state index in [9.17, 15) is 43.2 Å². The number of hydrogen-bond donors (Lipinski definition) is 3. The minimum Gasteiger partial charge on any atom is -0.462 e. The number of rotatable bonds is 78. The van der Waals surface area contributed by atoms with E-state index in [1.165, 1.54) is 0 Å². The Balaban J connectivity index is 5.50. The summed E-state index contributed by atoms with van der Waals surface area (Å²) in [5, 5.41) is 10.7. The minimum absolute atomic E-state index is 0.0254. The third-order valence-corrected chi connectivity index (χ3v) is 19.0. The number of unbranched alkanes of at least 4 members (excludes halogenated alkanes) is 20. The Morgan fingerprint density at radius 1 is 0.250 bits per heavy atom. The van der Waals surface area contributed by atoms with Crippen LogP contribution >= 0.6 is 15.6 Å². The molecule has 0 heterocycles. The molecule has 0 aromatic carbocycles. The smallest absolute Gasteiger partial charge is 0.462 e. The molecule has 634 valence electrons. The zero-order valence-electron chi connectivity index (χ0n) is 69.5. The quantitative estimate of drug-likeness (QED) is 0.0169. The van der Waals surface area contributed by atoms with Gasteiger partial charge in [0.25, 0.3) is 0 Å². The molecular weight excluding hydrogens is 1450 g/mol. The molecule has 0 fully saturated rings. The van der Waals surface area contributed by atoms with E-state index in [2.05, 4.69) is 204 Å². The van der Waals surface area contributed by atoms with Crippen LogP contribution in [0.25, 0.3) is 0 Å². The monoisotopic (exact) mass is 1600 g/mol. The van der Waals surface area contributed by atoms with Gasteiger partial charge in [-0.1, -0.05) is 312 Å². The van der Waals surface area contributed by atoms with Crippen LogP contribution < -0.4 is 0 Å². The summed E-state index contributed by atoms with van der Waals surface area (Å²) in [6.45, 7) is 4.31. The highest BCUT2D eigenvalue weighted by molar-refractivity contribution is 7.47. The molecule has 5 atom stereocenters. The lowest BCUT2D eigenvalue weighted by atomic mass is 10.1. The second-order valence-corrected chi connectivity index (χ2v) is 30.5. The molecular formula is C93H150O17P2.